The van der Waals surface area contributed by atoms with E-state index < -0.39 is 0 Å². The zero-order valence-electron chi connectivity index (χ0n) is 12.2. The van der Waals surface area contributed by atoms with Crippen molar-refractivity contribution < 1.29 is 9.53 Å². The maximum atomic E-state index is 12.0. The molecule has 0 N–H and O–H groups in total. The molecule has 1 rings (SSSR count). The third kappa shape index (κ3) is 5.71. The SMILES string of the molecule is C#CCC1CCN(C(=O)O/C(=C/C=C(\C)Cl)CC)CC1. The van der Waals surface area contributed by atoms with E-state index >= 15 is 0 Å². The highest BCUT2D eigenvalue weighted by Crippen LogP contribution is 2.21. The van der Waals surface area contributed by atoms with Gasteiger partial charge in [0, 0.05) is 31.0 Å². The van der Waals surface area contributed by atoms with Gasteiger partial charge in [-0.1, -0.05) is 18.5 Å². The summed E-state index contributed by atoms with van der Waals surface area (Å²) >= 11 is 5.76. The highest BCUT2D eigenvalue weighted by molar-refractivity contribution is 6.29. The number of nitrogens with zero attached hydrogens (tertiary/aromatic N) is 1. The minimum atomic E-state index is -0.280. The van der Waals surface area contributed by atoms with E-state index in [2.05, 4.69) is 5.92 Å². The van der Waals surface area contributed by atoms with E-state index in [9.17, 15) is 4.79 Å². The van der Waals surface area contributed by atoms with E-state index in [0.717, 1.165) is 19.3 Å². The summed E-state index contributed by atoms with van der Waals surface area (Å²) in [6.45, 7) is 5.15. The molecule has 0 unspecified atom stereocenters. The van der Waals surface area contributed by atoms with Crippen LogP contribution < -0.4 is 0 Å². The topological polar surface area (TPSA) is 29.5 Å². The zero-order valence-corrected chi connectivity index (χ0v) is 12.9. The van der Waals surface area contributed by atoms with Crippen LogP contribution in [0.15, 0.2) is 22.9 Å². The molecule has 110 valence electrons. The molecule has 1 aliphatic rings. The fraction of sp³-hybridized carbons (Fsp3) is 0.562. The standard InChI is InChI=1S/C16H22ClNO2/c1-4-6-14-9-11-18(12-10-14)16(19)20-15(5-2)8-7-13(3)17/h1,7-8,14H,5-6,9-12H2,2-3H3/b13-7+,15-8+. The van der Waals surface area contributed by atoms with Crippen molar-refractivity contribution in [3.8, 4) is 12.3 Å². The number of likely N-dealkylation sites (tertiary alicyclic amines) is 1. The largest absolute Gasteiger partial charge is 0.415 e. The summed E-state index contributed by atoms with van der Waals surface area (Å²) < 4.78 is 5.39. The average Bonchev–Trinajstić information content (AvgIpc) is 2.44. The third-order valence-electron chi connectivity index (χ3n) is 3.35. The smallest absolute Gasteiger partial charge is 0.414 e. The number of ether oxygens (including phenoxy) is 1. The molecule has 3 nitrogen and oxygen atoms in total. The van der Waals surface area contributed by atoms with Crippen molar-refractivity contribution in [1.82, 2.24) is 4.90 Å². The molecule has 4 heteroatoms. The van der Waals surface area contributed by atoms with E-state index in [1.54, 1.807) is 24.0 Å². The van der Waals surface area contributed by atoms with E-state index in [0.29, 0.717) is 36.2 Å². The molecule has 0 spiro atoms. The van der Waals surface area contributed by atoms with Gasteiger partial charge in [0.1, 0.15) is 5.76 Å². The maximum absolute atomic E-state index is 12.0. The lowest BCUT2D eigenvalue weighted by molar-refractivity contribution is 0.109. The number of terminal acetylenes is 1. The molecular formula is C16H22ClNO2. The fourth-order valence-corrected chi connectivity index (χ4v) is 2.16. The number of hydrogen-bond acceptors (Lipinski definition) is 2. The first-order valence-electron chi connectivity index (χ1n) is 7.00. The highest BCUT2D eigenvalue weighted by atomic mass is 35.5. The van der Waals surface area contributed by atoms with Crippen LogP contribution in [0, 0.1) is 18.3 Å². The summed E-state index contributed by atoms with van der Waals surface area (Å²) in [4.78, 5) is 13.8. The minimum absolute atomic E-state index is 0.280. The van der Waals surface area contributed by atoms with Crippen molar-refractivity contribution in [2.75, 3.05) is 13.1 Å². The summed E-state index contributed by atoms with van der Waals surface area (Å²) in [7, 11) is 0. The summed E-state index contributed by atoms with van der Waals surface area (Å²) in [5.74, 6) is 3.85. The molecule has 1 fully saturated rings. The second kappa shape index (κ2) is 8.71. The Balaban J connectivity index is 2.49. The summed E-state index contributed by atoms with van der Waals surface area (Å²) in [6, 6.07) is 0. The van der Waals surface area contributed by atoms with Gasteiger partial charge in [-0.3, -0.25) is 0 Å². The molecule has 0 saturated carbocycles. The lowest BCUT2D eigenvalue weighted by Crippen LogP contribution is -2.38. The van der Waals surface area contributed by atoms with Gasteiger partial charge < -0.3 is 9.64 Å². The number of hydrogen-bond donors (Lipinski definition) is 0. The van der Waals surface area contributed by atoms with Crippen molar-refractivity contribution in [2.45, 2.75) is 39.5 Å². The van der Waals surface area contributed by atoms with Crippen molar-refractivity contribution in [2.24, 2.45) is 5.92 Å². The Morgan fingerprint density at radius 3 is 2.60 bits per heavy atom. The van der Waals surface area contributed by atoms with Gasteiger partial charge in [0.05, 0.1) is 0 Å². The normalized spacial score (nSPS) is 17.8. The number of piperidine rings is 1. The number of carbonyl (C=O) groups excluding carboxylic acids is 1. The Labute approximate surface area is 126 Å². The van der Waals surface area contributed by atoms with Gasteiger partial charge in [-0.15, -0.1) is 12.3 Å². The van der Waals surface area contributed by atoms with Gasteiger partial charge in [0.25, 0.3) is 0 Å². The quantitative estimate of drug-likeness (QED) is 0.440. The molecule has 1 heterocycles. The first-order chi connectivity index (χ1) is 9.56. The van der Waals surface area contributed by atoms with Gasteiger partial charge >= 0.3 is 6.09 Å². The molecule has 0 aromatic rings. The molecule has 1 amide bonds. The predicted octanol–water partition coefficient (Wildman–Crippen LogP) is 4.29. The Morgan fingerprint density at radius 1 is 1.45 bits per heavy atom. The third-order valence-corrected chi connectivity index (χ3v) is 3.47. The van der Waals surface area contributed by atoms with Crippen LogP contribution >= 0.6 is 11.6 Å². The van der Waals surface area contributed by atoms with Crippen LogP contribution in [-0.4, -0.2) is 24.1 Å². The van der Waals surface area contributed by atoms with E-state index in [1.807, 2.05) is 6.92 Å². The number of carbonyl (C=O) groups is 1. The minimum Gasteiger partial charge on any atom is -0.415 e. The molecule has 1 aliphatic heterocycles. The molecule has 0 aromatic carbocycles. The summed E-state index contributed by atoms with van der Waals surface area (Å²) in [6.07, 6.45) is 11.9. The first kappa shape index (κ1) is 16.7. The molecule has 0 bridgehead atoms. The van der Waals surface area contributed by atoms with Crippen LogP contribution in [0.4, 0.5) is 4.79 Å². The lowest BCUT2D eigenvalue weighted by Gasteiger charge is -2.30. The summed E-state index contributed by atoms with van der Waals surface area (Å²) in [5.41, 5.74) is 0. The molecule has 20 heavy (non-hydrogen) atoms. The van der Waals surface area contributed by atoms with E-state index in [-0.39, 0.29) is 6.09 Å². The van der Waals surface area contributed by atoms with Crippen LogP contribution in [0.1, 0.15) is 39.5 Å². The van der Waals surface area contributed by atoms with Crippen molar-refractivity contribution in [3.05, 3.63) is 22.9 Å². The molecular weight excluding hydrogens is 274 g/mol. The number of allylic oxidation sites excluding steroid dienone is 4. The fourth-order valence-electron chi connectivity index (χ4n) is 2.09. The van der Waals surface area contributed by atoms with Gasteiger partial charge in [-0.2, -0.15) is 0 Å². The van der Waals surface area contributed by atoms with Gasteiger partial charge in [0.2, 0.25) is 0 Å². The second-order valence-electron chi connectivity index (χ2n) is 4.95. The number of halogens is 1. The molecule has 0 aromatic heterocycles. The van der Waals surface area contributed by atoms with Gasteiger partial charge in [-0.25, -0.2) is 4.79 Å². The summed E-state index contributed by atoms with van der Waals surface area (Å²) in [5, 5.41) is 0.655. The Bertz CT molecular complexity index is 422. The van der Waals surface area contributed by atoms with E-state index in [1.165, 1.54) is 0 Å². The van der Waals surface area contributed by atoms with Crippen LogP contribution in [-0.2, 0) is 4.74 Å². The molecule has 0 aliphatic carbocycles. The van der Waals surface area contributed by atoms with Crippen molar-refractivity contribution in [3.63, 3.8) is 0 Å². The van der Waals surface area contributed by atoms with Crippen molar-refractivity contribution >= 4 is 17.7 Å². The van der Waals surface area contributed by atoms with Crippen LogP contribution in [0.3, 0.4) is 0 Å². The van der Waals surface area contributed by atoms with Crippen LogP contribution in [0.2, 0.25) is 0 Å². The predicted molar refractivity (Wildman–Crippen MR) is 82.2 cm³/mol. The highest BCUT2D eigenvalue weighted by Gasteiger charge is 2.23. The Hall–Kier alpha value is -1.40. The Kier molecular flexibility index (Phi) is 7.25. The van der Waals surface area contributed by atoms with Crippen LogP contribution in [0.5, 0.6) is 0 Å². The number of amides is 1. The monoisotopic (exact) mass is 295 g/mol. The number of rotatable bonds is 4. The molecule has 0 radical (unpaired) electrons. The molecule has 0 atom stereocenters. The maximum Gasteiger partial charge on any atom is 0.414 e. The Morgan fingerprint density at radius 2 is 2.10 bits per heavy atom. The van der Waals surface area contributed by atoms with Gasteiger partial charge in [0.15, 0.2) is 0 Å². The lowest BCUT2D eigenvalue weighted by atomic mass is 9.94. The molecule has 1 saturated heterocycles. The van der Waals surface area contributed by atoms with Gasteiger partial charge in [-0.05, 0) is 37.8 Å². The zero-order chi connectivity index (χ0) is 15.0. The second-order valence-corrected chi connectivity index (χ2v) is 5.54. The van der Waals surface area contributed by atoms with Crippen LogP contribution in [0.25, 0.3) is 0 Å². The van der Waals surface area contributed by atoms with E-state index in [4.69, 9.17) is 22.8 Å². The average molecular weight is 296 g/mol. The van der Waals surface area contributed by atoms with Crippen molar-refractivity contribution in [1.29, 1.82) is 0 Å². The first-order valence-corrected chi connectivity index (χ1v) is 7.37.